The summed E-state index contributed by atoms with van der Waals surface area (Å²) in [4.78, 5) is 24.0. The quantitative estimate of drug-likeness (QED) is 0.565. The molecule has 0 saturated carbocycles. The van der Waals surface area contributed by atoms with E-state index in [4.69, 9.17) is 9.47 Å². The van der Waals surface area contributed by atoms with Crippen LogP contribution in [0.4, 0.5) is 5.69 Å². The number of esters is 1. The van der Waals surface area contributed by atoms with Crippen molar-refractivity contribution in [3.63, 3.8) is 0 Å². The van der Waals surface area contributed by atoms with Crippen molar-refractivity contribution in [2.45, 2.75) is 26.7 Å². The molecule has 0 atom stereocenters. The van der Waals surface area contributed by atoms with Crippen LogP contribution < -0.4 is 10.1 Å². The van der Waals surface area contributed by atoms with E-state index in [1.165, 1.54) is 6.08 Å². The molecule has 0 fully saturated rings. The van der Waals surface area contributed by atoms with Gasteiger partial charge in [-0.3, -0.25) is 4.79 Å². The predicted molar refractivity (Wildman–Crippen MR) is 107 cm³/mol. The van der Waals surface area contributed by atoms with Gasteiger partial charge in [0, 0.05) is 11.8 Å². The fourth-order valence-electron chi connectivity index (χ4n) is 2.64. The maximum Gasteiger partial charge on any atom is 0.331 e. The van der Waals surface area contributed by atoms with E-state index in [-0.39, 0.29) is 12.5 Å². The highest BCUT2D eigenvalue weighted by molar-refractivity contribution is 5.95. The van der Waals surface area contributed by atoms with Crippen LogP contribution in [0.3, 0.4) is 0 Å². The molecule has 2 aromatic rings. The van der Waals surface area contributed by atoms with Gasteiger partial charge in [-0.2, -0.15) is 0 Å². The molecule has 142 valence electrons. The maximum absolute atomic E-state index is 12.2. The van der Waals surface area contributed by atoms with Crippen molar-refractivity contribution in [2.75, 3.05) is 19.0 Å². The Bertz CT molecular complexity index is 787. The molecule has 27 heavy (non-hydrogen) atoms. The van der Waals surface area contributed by atoms with Crippen LogP contribution in [0.5, 0.6) is 5.75 Å². The van der Waals surface area contributed by atoms with Crippen LogP contribution in [0.2, 0.25) is 0 Å². The van der Waals surface area contributed by atoms with Crippen molar-refractivity contribution in [2.24, 2.45) is 0 Å². The zero-order valence-electron chi connectivity index (χ0n) is 16.0. The fourth-order valence-corrected chi connectivity index (χ4v) is 2.64. The van der Waals surface area contributed by atoms with E-state index < -0.39 is 5.97 Å². The van der Waals surface area contributed by atoms with Gasteiger partial charge in [-0.15, -0.1) is 0 Å². The number of hydrogen-bond donors (Lipinski definition) is 1. The lowest BCUT2D eigenvalue weighted by Crippen LogP contribution is -2.21. The zero-order valence-corrected chi connectivity index (χ0v) is 16.0. The number of benzene rings is 2. The summed E-state index contributed by atoms with van der Waals surface area (Å²) in [5, 5.41) is 2.87. The molecule has 0 aliphatic carbocycles. The lowest BCUT2D eigenvalue weighted by Gasteiger charge is -2.14. The Morgan fingerprint density at radius 3 is 2.19 bits per heavy atom. The van der Waals surface area contributed by atoms with E-state index in [2.05, 4.69) is 5.32 Å². The second kappa shape index (κ2) is 10.2. The van der Waals surface area contributed by atoms with Gasteiger partial charge in [0.2, 0.25) is 0 Å². The minimum atomic E-state index is -0.569. The lowest BCUT2D eigenvalue weighted by molar-refractivity contribution is -0.142. The van der Waals surface area contributed by atoms with Gasteiger partial charge < -0.3 is 14.8 Å². The molecule has 1 amide bonds. The molecule has 0 unspecified atom stereocenters. The van der Waals surface area contributed by atoms with Crippen LogP contribution in [0, 0.1) is 0 Å². The summed E-state index contributed by atoms with van der Waals surface area (Å²) in [6.07, 6.45) is 4.55. The van der Waals surface area contributed by atoms with Gasteiger partial charge in [0.1, 0.15) is 5.75 Å². The summed E-state index contributed by atoms with van der Waals surface area (Å²) in [6.45, 7) is 3.75. The molecule has 0 saturated heterocycles. The number of methoxy groups -OCH3 is 1. The van der Waals surface area contributed by atoms with Gasteiger partial charge in [-0.1, -0.05) is 44.2 Å². The molecule has 0 radical (unpaired) electrons. The van der Waals surface area contributed by atoms with Crippen molar-refractivity contribution in [1.29, 1.82) is 0 Å². The van der Waals surface area contributed by atoms with Crippen molar-refractivity contribution >= 4 is 23.6 Å². The molecule has 2 rings (SSSR count). The normalized spacial score (nSPS) is 10.6. The molecule has 2 aromatic carbocycles. The van der Waals surface area contributed by atoms with Crippen LogP contribution in [0.15, 0.2) is 48.5 Å². The number of para-hydroxylation sites is 1. The van der Waals surface area contributed by atoms with E-state index in [0.717, 1.165) is 41.0 Å². The van der Waals surface area contributed by atoms with E-state index in [9.17, 15) is 9.59 Å². The number of ether oxygens (including phenoxy) is 2. The molecule has 0 aliphatic rings. The molecular weight excluding hydrogens is 342 g/mol. The van der Waals surface area contributed by atoms with E-state index in [1.807, 2.05) is 44.2 Å². The minimum absolute atomic E-state index is 0.326. The first kappa shape index (κ1) is 20.2. The Hall–Kier alpha value is -3.08. The molecular formula is C22H25NO4. The first-order valence-corrected chi connectivity index (χ1v) is 8.96. The highest BCUT2D eigenvalue weighted by Crippen LogP contribution is 2.22. The Morgan fingerprint density at radius 2 is 1.63 bits per heavy atom. The van der Waals surface area contributed by atoms with Crippen LogP contribution in [0.1, 0.15) is 30.5 Å². The average Bonchev–Trinajstić information content (AvgIpc) is 2.71. The topological polar surface area (TPSA) is 64.6 Å². The molecule has 0 spiro atoms. The van der Waals surface area contributed by atoms with Gasteiger partial charge in [-0.25, -0.2) is 4.79 Å². The van der Waals surface area contributed by atoms with Crippen LogP contribution >= 0.6 is 0 Å². The van der Waals surface area contributed by atoms with Gasteiger partial charge >= 0.3 is 5.97 Å². The fraction of sp³-hybridized carbons (Fsp3) is 0.273. The number of rotatable bonds is 8. The number of aryl methyl sites for hydroxylation is 2. The summed E-state index contributed by atoms with van der Waals surface area (Å²) < 4.78 is 10.1. The smallest absolute Gasteiger partial charge is 0.331 e. The van der Waals surface area contributed by atoms with E-state index >= 15 is 0 Å². The van der Waals surface area contributed by atoms with Gasteiger partial charge in [-0.05, 0) is 47.7 Å². The highest BCUT2D eigenvalue weighted by atomic mass is 16.5. The third kappa shape index (κ3) is 5.99. The zero-order chi connectivity index (χ0) is 19.6. The Labute approximate surface area is 160 Å². The Balaban J connectivity index is 1.89. The molecule has 5 heteroatoms. The summed E-state index contributed by atoms with van der Waals surface area (Å²) in [5.74, 6) is -0.178. The standard InChI is InChI=1S/C22H25NO4/c1-4-17-7-6-8-18(5-2)22(17)23-20(24)15-27-21(25)14-11-16-9-12-19(26-3)13-10-16/h6-14H,4-5,15H2,1-3H3,(H,23,24). The first-order valence-electron chi connectivity index (χ1n) is 8.96. The Morgan fingerprint density at radius 1 is 1.00 bits per heavy atom. The van der Waals surface area contributed by atoms with E-state index in [1.54, 1.807) is 25.3 Å². The second-order valence-corrected chi connectivity index (χ2v) is 5.92. The van der Waals surface area contributed by atoms with Crippen molar-refractivity contribution in [1.82, 2.24) is 0 Å². The summed E-state index contributed by atoms with van der Waals surface area (Å²) in [6, 6.07) is 13.2. The molecule has 5 nitrogen and oxygen atoms in total. The number of hydrogen-bond acceptors (Lipinski definition) is 4. The number of carbonyl (C=O) groups is 2. The molecule has 1 N–H and O–H groups in total. The minimum Gasteiger partial charge on any atom is -0.497 e. The third-order valence-electron chi connectivity index (χ3n) is 4.14. The lowest BCUT2D eigenvalue weighted by atomic mass is 10.0. The number of carbonyl (C=O) groups excluding carboxylic acids is 2. The SMILES string of the molecule is CCc1cccc(CC)c1NC(=O)COC(=O)C=Cc1ccc(OC)cc1. The molecule has 0 heterocycles. The molecule has 0 aliphatic heterocycles. The van der Waals surface area contributed by atoms with Crippen LogP contribution in [0.25, 0.3) is 6.08 Å². The highest BCUT2D eigenvalue weighted by Gasteiger charge is 2.11. The Kier molecular flexibility index (Phi) is 7.62. The number of anilines is 1. The first-order chi connectivity index (χ1) is 13.1. The third-order valence-corrected chi connectivity index (χ3v) is 4.14. The monoisotopic (exact) mass is 367 g/mol. The molecule has 0 bridgehead atoms. The van der Waals surface area contributed by atoms with E-state index in [0.29, 0.717) is 0 Å². The van der Waals surface area contributed by atoms with Crippen molar-refractivity contribution in [3.8, 4) is 5.75 Å². The second-order valence-electron chi connectivity index (χ2n) is 5.92. The maximum atomic E-state index is 12.2. The van der Waals surface area contributed by atoms with Crippen LogP contribution in [-0.4, -0.2) is 25.6 Å². The van der Waals surface area contributed by atoms with Gasteiger partial charge in [0.15, 0.2) is 6.61 Å². The number of amides is 1. The summed E-state index contributed by atoms with van der Waals surface area (Å²) >= 11 is 0. The summed E-state index contributed by atoms with van der Waals surface area (Å²) in [7, 11) is 1.59. The van der Waals surface area contributed by atoms with Gasteiger partial charge in [0.05, 0.1) is 7.11 Å². The largest absolute Gasteiger partial charge is 0.497 e. The molecule has 0 aromatic heterocycles. The van der Waals surface area contributed by atoms with Crippen molar-refractivity contribution < 1.29 is 19.1 Å². The summed E-state index contributed by atoms with van der Waals surface area (Å²) in [5.41, 5.74) is 3.78. The van der Waals surface area contributed by atoms with Crippen molar-refractivity contribution in [3.05, 3.63) is 65.2 Å². The average molecular weight is 367 g/mol. The predicted octanol–water partition coefficient (Wildman–Crippen LogP) is 4.02. The van der Waals surface area contributed by atoms with Gasteiger partial charge in [0.25, 0.3) is 5.91 Å². The number of nitrogens with one attached hydrogen (secondary N) is 1. The van der Waals surface area contributed by atoms with Crippen LogP contribution in [-0.2, 0) is 27.2 Å².